The number of carbonyl (C=O) groups is 1. The molecule has 6 heteroatoms. The van der Waals surface area contributed by atoms with Gasteiger partial charge in [-0.3, -0.25) is 4.79 Å². The lowest BCUT2D eigenvalue weighted by Crippen LogP contribution is -2.43. The second kappa shape index (κ2) is 8.25. The fraction of sp³-hybridized carbons (Fsp3) is 0.318. The van der Waals surface area contributed by atoms with E-state index in [2.05, 4.69) is 10.2 Å². The van der Waals surface area contributed by atoms with Gasteiger partial charge < -0.3 is 14.4 Å². The normalized spacial score (nSPS) is 14.8. The van der Waals surface area contributed by atoms with Crippen LogP contribution in [-0.2, 0) is 4.79 Å². The largest absolute Gasteiger partial charge is 0.484 e. The second-order valence-electron chi connectivity index (χ2n) is 6.99. The van der Waals surface area contributed by atoms with E-state index < -0.39 is 0 Å². The van der Waals surface area contributed by atoms with Crippen molar-refractivity contribution in [2.24, 2.45) is 0 Å². The molecule has 0 saturated carbocycles. The standard InChI is InChI=1S/C22H23N3O3/c1-16-6-2-5-9-20(16)27-15-21(26)25-12-10-18(11-13-25)28-22-19-8-4-3-7-17(19)14-23-24-22/h2-9,14,18H,10-13,15H2,1H3. The highest BCUT2D eigenvalue weighted by atomic mass is 16.5. The monoisotopic (exact) mass is 377 g/mol. The summed E-state index contributed by atoms with van der Waals surface area (Å²) in [5.74, 6) is 1.32. The molecule has 0 N–H and O–H groups in total. The summed E-state index contributed by atoms with van der Waals surface area (Å²) in [4.78, 5) is 14.3. The zero-order chi connectivity index (χ0) is 19.3. The molecule has 1 aromatic heterocycles. The second-order valence-corrected chi connectivity index (χ2v) is 6.99. The molecule has 1 fully saturated rings. The van der Waals surface area contributed by atoms with Crippen molar-refractivity contribution in [2.75, 3.05) is 19.7 Å². The van der Waals surface area contributed by atoms with Gasteiger partial charge in [-0.05, 0) is 24.6 Å². The molecule has 1 aliphatic heterocycles. The molecule has 1 amide bonds. The van der Waals surface area contributed by atoms with Crippen molar-refractivity contribution in [1.82, 2.24) is 15.1 Å². The number of piperidine rings is 1. The molecule has 0 unspecified atom stereocenters. The van der Waals surface area contributed by atoms with Gasteiger partial charge in [-0.2, -0.15) is 5.10 Å². The number of hydrogen-bond acceptors (Lipinski definition) is 5. The van der Waals surface area contributed by atoms with Crippen molar-refractivity contribution >= 4 is 16.7 Å². The Hall–Kier alpha value is -3.15. The van der Waals surface area contributed by atoms with Crippen LogP contribution in [0.25, 0.3) is 10.8 Å². The van der Waals surface area contributed by atoms with Gasteiger partial charge in [-0.25, -0.2) is 0 Å². The Balaban J connectivity index is 1.30. The van der Waals surface area contributed by atoms with Gasteiger partial charge in [-0.1, -0.05) is 36.4 Å². The Morgan fingerprint density at radius 1 is 1.11 bits per heavy atom. The van der Waals surface area contributed by atoms with Gasteiger partial charge in [0, 0.05) is 36.7 Å². The summed E-state index contributed by atoms with van der Waals surface area (Å²) in [5, 5.41) is 10.1. The van der Waals surface area contributed by atoms with Gasteiger partial charge >= 0.3 is 0 Å². The van der Waals surface area contributed by atoms with E-state index in [9.17, 15) is 4.79 Å². The number of ether oxygens (including phenoxy) is 2. The summed E-state index contributed by atoms with van der Waals surface area (Å²) in [6.07, 6.45) is 3.29. The Kier molecular flexibility index (Phi) is 5.37. The Labute approximate surface area is 164 Å². The van der Waals surface area contributed by atoms with Crippen LogP contribution >= 0.6 is 0 Å². The van der Waals surface area contributed by atoms with Gasteiger partial charge in [0.2, 0.25) is 5.88 Å². The number of nitrogens with zero attached hydrogens (tertiary/aromatic N) is 3. The lowest BCUT2D eigenvalue weighted by molar-refractivity contribution is -0.135. The Morgan fingerprint density at radius 2 is 1.86 bits per heavy atom. The molecule has 0 aliphatic carbocycles. The fourth-order valence-corrected chi connectivity index (χ4v) is 3.42. The zero-order valence-corrected chi connectivity index (χ0v) is 15.9. The first kappa shape index (κ1) is 18.2. The summed E-state index contributed by atoms with van der Waals surface area (Å²) < 4.78 is 11.8. The van der Waals surface area contributed by atoms with Crippen LogP contribution in [0.1, 0.15) is 18.4 Å². The number of carbonyl (C=O) groups excluding carboxylic acids is 1. The van der Waals surface area contributed by atoms with Crippen LogP contribution in [-0.4, -0.2) is 46.8 Å². The minimum Gasteiger partial charge on any atom is -0.484 e. The van der Waals surface area contributed by atoms with E-state index in [1.54, 1.807) is 6.20 Å². The topological polar surface area (TPSA) is 64.5 Å². The number of aryl methyl sites for hydroxylation is 1. The number of benzene rings is 2. The van der Waals surface area contributed by atoms with E-state index in [4.69, 9.17) is 9.47 Å². The molecule has 0 atom stereocenters. The summed E-state index contributed by atoms with van der Waals surface area (Å²) in [5.41, 5.74) is 1.03. The van der Waals surface area contributed by atoms with E-state index in [-0.39, 0.29) is 18.6 Å². The number of para-hydroxylation sites is 1. The molecular formula is C22H23N3O3. The van der Waals surface area contributed by atoms with Crippen molar-refractivity contribution in [1.29, 1.82) is 0 Å². The molecule has 4 rings (SSSR count). The fourth-order valence-electron chi connectivity index (χ4n) is 3.42. The molecule has 28 heavy (non-hydrogen) atoms. The molecule has 3 aromatic rings. The average Bonchev–Trinajstić information content (AvgIpc) is 2.74. The predicted molar refractivity (Wildman–Crippen MR) is 106 cm³/mol. The van der Waals surface area contributed by atoms with E-state index in [0.717, 1.165) is 34.9 Å². The highest BCUT2D eigenvalue weighted by Crippen LogP contribution is 2.25. The predicted octanol–water partition coefficient (Wildman–Crippen LogP) is 3.39. The molecule has 0 radical (unpaired) electrons. The molecule has 2 heterocycles. The maximum Gasteiger partial charge on any atom is 0.260 e. The van der Waals surface area contributed by atoms with Crippen LogP contribution in [0.3, 0.4) is 0 Å². The van der Waals surface area contributed by atoms with Gasteiger partial charge in [-0.15, -0.1) is 5.10 Å². The zero-order valence-electron chi connectivity index (χ0n) is 15.9. The molecule has 6 nitrogen and oxygen atoms in total. The summed E-state index contributed by atoms with van der Waals surface area (Å²) in [6.45, 7) is 3.33. The molecular weight excluding hydrogens is 354 g/mol. The van der Waals surface area contributed by atoms with Crippen molar-refractivity contribution in [2.45, 2.75) is 25.9 Å². The van der Waals surface area contributed by atoms with Crippen molar-refractivity contribution in [3.05, 3.63) is 60.3 Å². The SMILES string of the molecule is Cc1ccccc1OCC(=O)N1CCC(Oc2nncc3ccccc23)CC1. The van der Waals surface area contributed by atoms with Crippen molar-refractivity contribution in [3.63, 3.8) is 0 Å². The third-order valence-electron chi connectivity index (χ3n) is 5.05. The van der Waals surface area contributed by atoms with Gasteiger partial charge in [0.05, 0.1) is 6.20 Å². The summed E-state index contributed by atoms with van der Waals surface area (Å²) in [7, 11) is 0. The summed E-state index contributed by atoms with van der Waals surface area (Å²) >= 11 is 0. The molecule has 2 aromatic carbocycles. The first-order chi connectivity index (χ1) is 13.7. The van der Waals surface area contributed by atoms with Crippen LogP contribution in [0, 0.1) is 6.92 Å². The lowest BCUT2D eigenvalue weighted by atomic mass is 10.1. The number of hydrogen-bond donors (Lipinski definition) is 0. The van der Waals surface area contributed by atoms with Crippen LogP contribution in [0.15, 0.2) is 54.7 Å². The first-order valence-corrected chi connectivity index (χ1v) is 9.54. The average molecular weight is 377 g/mol. The van der Waals surface area contributed by atoms with Crippen molar-refractivity contribution < 1.29 is 14.3 Å². The van der Waals surface area contributed by atoms with Crippen molar-refractivity contribution in [3.8, 4) is 11.6 Å². The quantitative estimate of drug-likeness (QED) is 0.682. The number of amides is 1. The number of fused-ring (bicyclic) bond motifs is 1. The van der Waals surface area contributed by atoms with Crippen LogP contribution < -0.4 is 9.47 Å². The third kappa shape index (κ3) is 4.06. The van der Waals surface area contributed by atoms with Gasteiger partial charge in [0.25, 0.3) is 5.91 Å². The van der Waals surface area contributed by atoms with E-state index in [0.29, 0.717) is 19.0 Å². The lowest BCUT2D eigenvalue weighted by Gasteiger charge is -2.32. The maximum atomic E-state index is 12.5. The Morgan fingerprint density at radius 3 is 2.68 bits per heavy atom. The molecule has 0 spiro atoms. The highest BCUT2D eigenvalue weighted by Gasteiger charge is 2.25. The molecule has 0 bridgehead atoms. The van der Waals surface area contributed by atoms with E-state index in [1.165, 1.54) is 0 Å². The highest BCUT2D eigenvalue weighted by molar-refractivity contribution is 5.85. The van der Waals surface area contributed by atoms with Gasteiger partial charge in [0.1, 0.15) is 11.9 Å². The van der Waals surface area contributed by atoms with Gasteiger partial charge in [0.15, 0.2) is 6.61 Å². The van der Waals surface area contributed by atoms with E-state index >= 15 is 0 Å². The number of aromatic nitrogens is 2. The number of rotatable bonds is 5. The maximum absolute atomic E-state index is 12.5. The first-order valence-electron chi connectivity index (χ1n) is 9.54. The smallest absolute Gasteiger partial charge is 0.260 e. The molecule has 1 saturated heterocycles. The third-order valence-corrected chi connectivity index (χ3v) is 5.05. The Bertz CT molecular complexity index is 963. The van der Waals surface area contributed by atoms with Crippen LogP contribution in [0.4, 0.5) is 0 Å². The minimum absolute atomic E-state index is 0.00616. The number of likely N-dealkylation sites (tertiary alicyclic amines) is 1. The summed E-state index contributed by atoms with van der Waals surface area (Å²) in [6, 6.07) is 15.6. The van der Waals surface area contributed by atoms with E-state index in [1.807, 2.05) is 60.4 Å². The molecule has 1 aliphatic rings. The van der Waals surface area contributed by atoms with Crippen LogP contribution in [0.5, 0.6) is 11.6 Å². The minimum atomic E-state index is 0.00616. The van der Waals surface area contributed by atoms with Crippen LogP contribution in [0.2, 0.25) is 0 Å². The molecule has 144 valence electrons.